The van der Waals surface area contributed by atoms with Gasteiger partial charge in [-0.15, -0.1) is 0 Å². The molecule has 3 rings (SSSR count). The summed E-state index contributed by atoms with van der Waals surface area (Å²) in [6.45, 7) is 1.42. The average molecular weight is 489 g/mol. The molecule has 176 valence electrons. The molecule has 0 radical (unpaired) electrons. The number of oxazole rings is 1. The van der Waals surface area contributed by atoms with Crippen molar-refractivity contribution in [3.63, 3.8) is 0 Å². The Labute approximate surface area is 184 Å². The van der Waals surface area contributed by atoms with Crippen molar-refractivity contribution < 1.29 is 39.6 Å². The third-order valence-corrected chi connectivity index (χ3v) is 4.97. The predicted octanol–water partition coefficient (Wildman–Crippen LogP) is 4.50. The topological polar surface area (TPSA) is 101 Å². The lowest BCUT2D eigenvalue weighted by Gasteiger charge is -2.15. The van der Waals surface area contributed by atoms with Gasteiger partial charge in [0.15, 0.2) is 17.3 Å². The molecular weight excluding hydrogens is 473 g/mol. The van der Waals surface area contributed by atoms with Crippen LogP contribution in [-0.4, -0.2) is 25.6 Å². The number of carbonyl (C=O) groups excluding carboxylic acids is 1. The first-order valence-corrected chi connectivity index (χ1v) is 11.0. The number of nitrogens with zero attached hydrogens (tertiary/aromatic N) is 1. The average Bonchev–Trinajstić information content (AvgIpc) is 3.19. The lowest BCUT2D eigenvalue weighted by Crippen LogP contribution is -2.27. The zero-order chi connectivity index (χ0) is 24.6. The summed E-state index contributed by atoms with van der Waals surface area (Å²) < 4.78 is 95.7. The Morgan fingerprint density at radius 3 is 2.18 bits per heavy atom. The fraction of sp³-hybridized carbons (Fsp3) is 0.200. The molecule has 33 heavy (non-hydrogen) atoms. The van der Waals surface area contributed by atoms with E-state index in [1.54, 1.807) is 4.72 Å². The number of halogens is 5. The smallest absolute Gasteiger partial charge is 0.416 e. The summed E-state index contributed by atoms with van der Waals surface area (Å²) in [5, 5.41) is 2.45. The Kier molecular flexibility index (Phi) is 6.45. The number of hydrogen-bond donors (Lipinski definition) is 2. The van der Waals surface area contributed by atoms with Gasteiger partial charge in [0.1, 0.15) is 12.0 Å². The summed E-state index contributed by atoms with van der Waals surface area (Å²) in [6, 6.07) is 4.75. The van der Waals surface area contributed by atoms with Crippen LogP contribution in [0.15, 0.2) is 47.1 Å². The van der Waals surface area contributed by atoms with Crippen LogP contribution >= 0.6 is 0 Å². The van der Waals surface area contributed by atoms with E-state index in [0.29, 0.717) is 0 Å². The van der Waals surface area contributed by atoms with Crippen molar-refractivity contribution in [2.24, 2.45) is 0 Å². The van der Waals surface area contributed by atoms with E-state index in [-0.39, 0.29) is 22.7 Å². The molecule has 1 amide bonds. The Morgan fingerprint density at radius 2 is 1.67 bits per heavy atom. The molecule has 1 aromatic heterocycles. The van der Waals surface area contributed by atoms with Crippen molar-refractivity contribution in [3.05, 3.63) is 71.1 Å². The van der Waals surface area contributed by atoms with Crippen LogP contribution in [0.4, 0.5) is 27.6 Å². The minimum atomic E-state index is -4.51. The molecule has 2 aromatic carbocycles. The van der Waals surface area contributed by atoms with E-state index in [1.807, 2.05) is 0 Å². The number of nitrogens with one attached hydrogen (secondary N) is 2. The third-order valence-electron chi connectivity index (χ3n) is 4.40. The molecule has 0 fully saturated rings. The summed E-state index contributed by atoms with van der Waals surface area (Å²) >= 11 is 0. The number of hydrogen-bond acceptors (Lipinski definition) is 5. The van der Waals surface area contributed by atoms with Gasteiger partial charge in [0.05, 0.1) is 17.9 Å². The molecule has 0 bridgehead atoms. The van der Waals surface area contributed by atoms with E-state index in [4.69, 9.17) is 4.42 Å². The van der Waals surface area contributed by atoms with Crippen molar-refractivity contribution in [2.45, 2.75) is 19.1 Å². The highest BCUT2D eigenvalue weighted by Crippen LogP contribution is 2.31. The van der Waals surface area contributed by atoms with Gasteiger partial charge in [-0.3, -0.25) is 9.52 Å². The molecule has 0 aliphatic rings. The van der Waals surface area contributed by atoms with Gasteiger partial charge in [0.25, 0.3) is 5.91 Å². The molecule has 0 aliphatic carbocycles. The number of alkyl halides is 3. The van der Waals surface area contributed by atoms with Crippen molar-refractivity contribution in [2.75, 3.05) is 11.0 Å². The molecule has 13 heteroatoms. The van der Waals surface area contributed by atoms with Crippen LogP contribution < -0.4 is 10.0 Å². The Hall–Kier alpha value is -3.48. The van der Waals surface area contributed by atoms with E-state index < -0.39 is 51.0 Å². The number of carbonyl (C=O) groups is 1. The molecule has 7 nitrogen and oxygen atoms in total. The molecule has 2 N–H and O–H groups in total. The molecule has 1 atom stereocenters. The van der Waals surface area contributed by atoms with E-state index in [1.165, 1.54) is 6.92 Å². The van der Waals surface area contributed by atoms with Crippen molar-refractivity contribution in [1.29, 1.82) is 0 Å². The van der Waals surface area contributed by atoms with Crippen molar-refractivity contribution in [1.82, 2.24) is 10.3 Å². The molecule has 0 spiro atoms. The SMILES string of the molecule is CC(NC(=O)c1coc(-c2ccc(C(F)(F)F)cc2)n1)c1cc(F)c(NS(C)(=O)=O)c(F)c1. The van der Waals surface area contributed by atoms with Gasteiger partial charge in [-0.1, -0.05) is 0 Å². The fourth-order valence-electron chi connectivity index (χ4n) is 2.79. The summed E-state index contributed by atoms with van der Waals surface area (Å²) in [4.78, 5) is 16.3. The van der Waals surface area contributed by atoms with Crippen molar-refractivity contribution in [3.8, 4) is 11.5 Å². The zero-order valence-corrected chi connectivity index (χ0v) is 17.8. The lowest BCUT2D eigenvalue weighted by molar-refractivity contribution is -0.137. The predicted molar refractivity (Wildman–Crippen MR) is 108 cm³/mol. The Balaban J connectivity index is 1.74. The highest BCUT2D eigenvalue weighted by Gasteiger charge is 2.30. The first kappa shape index (κ1) is 24.2. The van der Waals surface area contributed by atoms with Gasteiger partial charge in [-0.05, 0) is 48.9 Å². The maximum atomic E-state index is 14.2. The van der Waals surface area contributed by atoms with Gasteiger partial charge < -0.3 is 9.73 Å². The van der Waals surface area contributed by atoms with E-state index in [2.05, 4.69) is 10.3 Å². The maximum Gasteiger partial charge on any atom is 0.416 e. The summed E-state index contributed by atoms with van der Waals surface area (Å²) in [5.74, 6) is -3.23. The van der Waals surface area contributed by atoms with Crippen LogP contribution in [0.1, 0.15) is 34.6 Å². The highest BCUT2D eigenvalue weighted by molar-refractivity contribution is 7.92. The monoisotopic (exact) mass is 489 g/mol. The quantitative estimate of drug-likeness (QED) is 0.497. The Bertz CT molecular complexity index is 1260. The van der Waals surface area contributed by atoms with Gasteiger partial charge in [0.2, 0.25) is 15.9 Å². The highest BCUT2D eigenvalue weighted by atomic mass is 32.2. The van der Waals surface area contributed by atoms with E-state index in [0.717, 1.165) is 48.9 Å². The second-order valence-electron chi connectivity index (χ2n) is 7.04. The van der Waals surface area contributed by atoms with Crippen LogP contribution in [0.3, 0.4) is 0 Å². The second-order valence-corrected chi connectivity index (χ2v) is 8.79. The molecule has 1 heterocycles. The van der Waals surface area contributed by atoms with E-state index >= 15 is 0 Å². The molecule has 0 saturated heterocycles. The minimum absolute atomic E-state index is 0.00357. The number of amides is 1. The molecule has 0 saturated carbocycles. The number of rotatable bonds is 6. The lowest BCUT2D eigenvalue weighted by atomic mass is 10.1. The molecule has 1 unspecified atom stereocenters. The normalized spacial score (nSPS) is 12.9. The molecule has 3 aromatic rings. The zero-order valence-electron chi connectivity index (χ0n) is 17.0. The van der Waals surface area contributed by atoms with Gasteiger partial charge in [-0.2, -0.15) is 13.2 Å². The van der Waals surface area contributed by atoms with Crippen LogP contribution in [0.25, 0.3) is 11.5 Å². The first-order valence-electron chi connectivity index (χ1n) is 9.15. The summed E-state index contributed by atoms with van der Waals surface area (Å²) in [7, 11) is -3.91. The van der Waals surface area contributed by atoms with E-state index in [9.17, 15) is 35.2 Å². The summed E-state index contributed by atoms with van der Waals surface area (Å²) in [6.07, 6.45) is -2.79. The second kappa shape index (κ2) is 8.81. The number of benzene rings is 2. The third kappa shape index (κ3) is 5.86. The number of anilines is 1. The largest absolute Gasteiger partial charge is 0.444 e. The van der Waals surface area contributed by atoms with Gasteiger partial charge >= 0.3 is 6.18 Å². The standard InChI is InChI=1S/C20H16F5N3O4S/c1-10(12-7-14(21)17(15(22)8-12)28-33(2,30)31)26-18(29)16-9-32-19(27-16)11-3-5-13(6-4-11)20(23,24)25/h3-10,28H,1-2H3,(H,26,29). The Morgan fingerprint density at radius 1 is 1.09 bits per heavy atom. The maximum absolute atomic E-state index is 14.2. The molecule has 0 aliphatic heterocycles. The first-order chi connectivity index (χ1) is 15.2. The minimum Gasteiger partial charge on any atom is -0.444 e. The molecular formula is C20H16F5N3O4S. The number of aromatic nitrogens is 1. The van der Waals surface area contributed by atoms with Gasteiger partial charge in [0, 0.05) is 5.56 Å². The van der Waals surface area contributed by atoms with Crippen LogP contribution in [-0.2, 0) is 16.2 Å². The van der Waals surface area contributed by atoms with Crippen LogP contribution in [0.5, 0.6) is 0 Å². The number of sulfonamides is 1. The van der Waals surface area contributed by atoms with Crippen molar-refractivity contribution >= 4 is 21.6 Å². The van der Waals surface area contributed by atoms with Gasteiger partial charge in [-0.25, -0.2) is 22.2 Å². The summed E-state index contributed by atoms with van der Waals surface area (Å²) in [5.41, 5.74) is -1.72. The van der Waals surface area contributed by atoms with Crippen LogP contribution in [0.2, 0.25) is 0 Å². The fourth-order valence-corrected chi connectivity index (χ4v) is 3.36. The van der Waals surface area contributed by atoms with Crippen LogP contribution in [0, 0.1) is 11.6 Å².